The molecule has 0 bridgehead atoms. The number of hydrogen-bond donors (Lipinski definition) is 0. The second-order valence-corrected chi connectivity index (χ2v) is 3.74. The molecule has 0 N–H and O–H groups in total. The Morgan fingerprint density at radius 1 is 1.43 bits per heavy atom. The summed E-state index contributed by atoms with van der Waals surface area (Å²) in [6.45, 7) is 1.86. The van der Waals surface area contributed by atoms with Crippen molar-refractivity contribution in [2.75, 3.05) is 0 Å². The Kier molecular flexibility index (Phi) is 2.33. The summed E-state index contributed by atoms with van der Waals surface area (Å²) in [7, 11) is 0. The van der Waals surface area contributed by atoms with Crippen molar-refractivity contribution in [1.29, 1.82) is 0 Å². The van der Waals surface area contributed by atoms with Gasteiger partial charge in [0.1, 0.15) is 5.82 Å². The Morgan fingerprint density at radius 3 is 2.86 bits per heavy atom. The van der Waals surface area contributed by atoms with Crippen molar-refractivity contribution in [1.82, 2.24) is 15.0 Å². The Labute approximate surface area is 88.7 Å². The van der Waals surface area contributed by atoms with Gasteiger partial charge in [-0.15, -0.1) is 5.10 Å². The van der Waals surface area contributed by atoms with Gasteiger partial charge in [0.2, 0.25) is 0 Å². The molecule has 0 atom stereocenters. The van der Waals surface area contributed by atoms with Gasteiger partial charge in [-0.3, -0.25) is 0 Å². The quantitative estimate of drug-likeness (QED) is 0.784. The van der Waals surface area contributed by atoms with E-state index in [0.29, 0.717) is 5.69 Å². The highest BCUT2D eigenvalue weighted by Gasteiger charge is 2.07. The average Bonchev–Trinajstić information content (AvgIpc) is 2.56. The van der Waals surface area contributed by atoms with Crippen LogP contribution in [0.25, 0.3) is 5.69 Å². The number of benzene rings is 1. The molecule has 14 heavy (non-hydrogen) atoms. The molecule has 2 aromatic rings. The maximum Gasteiger partial charge on any atom is 0.125 e. The summed E-state index contributed by atoms with van der Waals surface area (Å²) in [5.74, 6) is -0.293. The summed E-state index contributed by atoms with van der Waals surface area (Å²) in [6.07, 6.45) is 1.62. The third-order valence-corrected chi connectivity index (χ3v) is 2.53. The zero-order chi connectivity index (χ0) is 10.1. The molecule has 1 heterocycles. The van der Waals surface area contributed by atoms with Crippen LogP contribution in [0.3, 0.4) is 0 Å². The highest BCUT2D eigenvalue weighted by atomic mass is 79.9. The van der Waals surface area contributed by atoms with Crippen LogP contribution in [-0.2, 0) is 0 Å². The molecule has 1 aromatic heterocycles. The highest BCUT2D eigenvalue weighted by molar-refractivity contribution is 9.10. The molecule has 0 radical (unpaired) electrons. The zero-order valence-corrected chi connectivity index (χ0v) is 8.99. The summed E-state index contributed by atoms with van der Waals surface area (Å²) in [5.41, 5.74) is 1.51. The molecular weight excluding hydrogens is 249 g/mol. The Hall–Kier alpha value is -1.23. The summed E-state index contributed by atoms with van der Waals surface area (Å²) in [6, 6.07) is 4.44. The Balaban J connectivity index is 2.62. The second kappa shape index (κ2) is 3.49. The van der Waals surface area contributed by atoms with Crippen molar-refractivity contribution in [3.8, 4) is 5.69 Å². The number of nitrogens with zero attached hydrogens (tertiary/aromatic N) is 3. The van der Waals surface area contributed by atoms with E-state index in [0.717, 1.165) is 10.2 Å². The van der Waals surface area contributed by atoms with Gasteiger partial charge in [-0.2, -0.15) is 0 Å². The van der Waals surface area contributed by atoms with Gasteiger partial charge in [0.25, 0.3) is 0 Å². The minimum Gasteiger partial charge on any atom is -0.217 e. The van der Waals surface area contributed by atoms with E-state index in [1.165, 1.54) is 12.1 Å². The number of hydrogen-bond acceptors (Lipinski definition) is 2. The van der Waals surface area contributed by atoms with Crippen molar-refractivity contribution >= 4 is 15.9 Å². The number of rotatable bonds is 1. The van der Waals surface area contributed by atoms with E-state index >= 15 is 0 Å². The SMILES string of the molecule is Cc1cnnn1-c1cc(F)ccc1Br. The van der Waals surface area contributed by atoms with Gasteiger partial charge in [-0.25, -0.2) is 9.07 Å². The van der Waals surface area contributed by atoms with Gasteiger partial charge < -0.3 is 0 Å². The first-order chi connectivity index (χ1) is 6.68. The van der Waals surface area contributed by atoms with E-state index in [1.807, 2.05) is 6.92 Å². The molecule has 0 unspecified atom stereocenters. The minimum atomic E-state index is -0.293. The average molecular weight is 256 g/mol. The lowest BCUT2D eigenvalue weighted by Crippen LogP contribution is -2.00. The van der Waals surface area contributed by atoms with Crippen LogP contribution in [0.15, 0.2) is 28.9 Å². The maximum absolute atomic E-state index is 13.0. The van der Waals surface area contributed by atoms with Gasteiger partial charge in [-0.05, 0) is 35.0 Å². The smallest absolute Gasteiger partial charge is 0.125 e. The molecule has 0 aliphatic heterocycles. The molecule has 5 heteroatoms. The molecule has 3 nitrogen and oxygen atoms in total. The molecule has 0 amide bonds. The highest BCUT2D eigenvalue weighted by Crippen LogP contribution is 2.21. The number of halogens is 2. The van der Waals surface area contributed by atoms with Crippen LogP contribution in [-0.4, -0.2) is 15.0 Å². The Morgan fingerprint density at radius 2 is 2.21 bits per heavy atom. The second-order valence-electron chi connectivity index (χ2n) is 2.88. The van der Waals surface area contributed by atoms with Crippen LogP contribution in [0.1, 0.15) is 5.69 Å². The van der Waals surface area contributed by atoms with E-state index in [2.05, 4.69) is 26.2 Å². The lowest BCUT2D eigenvalue weighted by Gasteiger charge is -2.05. The van der Waals surface area contributed by atoms with E-state index in [9.17, 15) is 4.39 Å². The first kappa shape index (κ1) is 9.33. The lowest BCUT2D eigenvalue weighted by atomic mass is 10.3. The normalized spacial score (nSPS) is 10.5. The number of aryl methyl sites for hydroxylation is 1. The minimum absolute atomic E-state index is 0.293. The van der Waals surface area contributed by atoms with Crippen LogP contribution >= 0.6 is 15.9 Å². The first-order valence-electron chi connectivity index (χ1n) is 4.01. The van der Waals surface area contributed by atoms with Crippen LogP contribution in [0, 0.1) is 12.7 Å². The van der Waals surface area contributed by atoms with Gasteiger partial charge >= 0.3 is 0 Å². The molecule has 0 saturated carbocycles. The fourth-order valence-electron chi connectivity index (χ4n) is 1.17. The number of aromatic nitrogens is 3. The lowest BCUT2D eigenvalue weighted by molar-refractivity contribution is 0.624. The van der Waals surface area contributed by atoms with Gasteiger partial charge in [-0.1, -0.05) is 5.21 Å². The zero-order valence-electron chi connectivity index (χ0n) is 7.41. The van der Waals surface area contributed by atoms with Gasteiger partial charge in [0.05, 0.1) is 17.6 Å². The fourth-order valence-corrected chi connectivity index (χ4v) is 1.59. The predicted octanol–water partition coefficient (Wildman–Crippen LogP) is 2.48. The van der Waals surface area contributed by atoms with Crippen LogP contribution in [0.5, 0.6) is 0 Å². The topological polar surface area (TPSA) is 30.7 Å². The summed E-state index contributed by atoms with van der Waals surface area (Å²) in [5, 5.41) is 7.60. The van der Waals surface area contributed by atoms with E-state index in [4.69, 9.17) is 0 Å². The monoisotopic (exact) mass is 255 g/mol. The molecule has 0 aliphatic carbocycles. The summed E-state index contributed by atoms with van der Waals surface area (Å²) in [4.78, 5) is 0. The molecule has 72 valence electrons. The largest absolute Gasteiger partial charge is 0.217 e. The van der Waals surface area contributed by atoms with Crippen LogP contribution in [0.2, 0.25) is 0 Å². The van der Waals surface area contributed by atoms with Crippen molar-refractivity contribution in [3.05, 3.63) is 40.4 Å². The van der Waals surface area contributed by atoms with Crippen LogP contribution < -0.4 is 0 Å². The first-order valence-corrected chi connectivity index (χ1v) is 4.80. The van der Waals surface area contributed by atoms with E-state index in [1.54, 1.807) is 16.9 Å². The maximum atomic E-state index is 13.0. The van der Waals surface area contributed by atoms with Gasteiger partial charge in [0.15, 0.2) is 0 Å². The van der Waals surface area contributed by atoms with Crippen molar-refractivity contribution in [2.45, 2.75) is 6.92 Å². The van der Waals surface area contributed by atoms with E-state index < -0.39 is 0 Å². The molecule has 0 spiro atoms. The van der Waals surface area contributed by atoms with Crippen molar-refractivity contribution in [3.63, 3.8) is 0 Å². The molecule has 1 aromatic carbocycles. The van der Waals surface area contributed by atoms with Gasteiger partial charge in [0, 0.05) is 10.5 Å². The van der Waals surface area contributed by atoms with Crippen LogP contribution in [0.4, 0.5) is 4.39 Å². The molecule has 0 saturated heterocycles. The van der Waals surface area contributed by atoms with Crippen molar-refractivity contribution in [2.24, 2.45) is 0 Å². The van der Waals surface area contributed by atoms with E-state index in [-0.39, 0.29) is 5.82 Å². The summed E-state index contributed by atoms with van der Waals surface area (Å²) >= 11 is 3.33. The third-order valence-electron chi connectivity index (χ3n) is 1.86. The fraction of sp³-hybridized carbons (Fsp3) is 0.111. The Bertz CT molecular complexity index is 467. The standard InChI is InChI=1S/C9H7BrFN3/c1-6-5-12-13-14(6)9-4-7(11)2-3-8(9)10/h2-5H,1H3. The molecule has 0 aliphatic rings. The third kappa shape index (κ3) is 1.55. The molecular formula is C9H7BrFN3. The summed E-state index contributed by atoms with van der Waals surface area (Å²) < 4.78 is 15.3. The molecule has 2 rings (SSSR count). The van der Waals surface area contributed by atoms with Crippen molar-refractivity contribution < 1.29 is 4.39 Å². The predicted molar refractivity (Wildman–Crippen MR) is 53.8 cm³/mol. The molecule has 0 fully saturated rings.